The van der Waals surface area contributed by atoms with Gasteiger partial charge in [-0.2, -0.15) is 0 Å². The summed E-state index contributed by atoms with van der Waals surface area (Å²) in [5, 5.41) is 0. The van der Waals surface area contributed by atoms with E-state index in [1.807, 2.05) is 0 Å². The molecule has 0 aliphatic heterocycles. The molecule has 0 aliphatic carbocycles. The lowest BCUT2D eigenvalue weighted by Crippen LogP contribution is -2.30. The highest BCUT2D eigenvalue weighted by Gasteiger charge is 2.19. The maximum atomic E-state index is 12.9. The van der Waals surface area contributed by atoms with Gasteiger partial charge in [-0.15, -0.1) is 0 Å². The maximum Gasteiger partial charge on any atom is 0.306 e. The van der Waals surface area contributed by atoms with Crippen molar-refractivity contribution in [2.24, 2.45) is 0 Å². The molecule has 0 amide bonds. The Morgan fingerprint density at radius 1 is 0.292 bits per heavy atom. The Bertz CT molecular complexity index is 1340. The first-order valence-electron chi connectivity index (χ1n) is 30.9. The molecule has 0 heterocycles. The molecule has 0 spiro atoms. The van der Waals surface area contributed by atoms with E-state index in [0.717, 1.165) is 96.3 Å². The Morgan fingerprint density at radius 3 is 0.847 bits per heavy atom. The molecule has 0 saturated heterocycles. The van der Waals surface area contributed by atoms with E-state index in [0.29, 0.717) is 19.3 Å². The van der Waals surface area contributed by atoms with Crippen LogP contribution in [0.25, 0.3) is 0 Å². The van der Waals surface area contributed by atoms with Crippen molar-refractivity contribution >= 4 is 17.9 Å². The molecular formula is C66H116O6. The van der Waals surface area contributed by atoms with Crippen LogP contribution < -0.4 is 0 Å². The minimum atomic E-state index is -0.779. The second-order valence-corrected chi connectivity index (χ2v) is 20.6. The van der Waals surface area contributed by atoms with Crippen molar-refractivity contribution in [3.05, 3.63) is 72.9 Å². The quantitative estimate of drug-likeness (QED) is 0.0261. The molecule has 0 aromatic carbocycles. The number of rotatable bonds is 56. The van der Waals surface area contributed by atoms with Crippen LogP contribution in [-0.4, -0.2) is 37.2 Å². The minimum Gasteiger partial charge on any atom is -0.462 e. The SMILES string of the molecule is CC/C=C\C/C=C\C/C=C\C/C=C\CCCCCCCCCCC(=O)OC(COC(=O)CCCCCCCCCCCC)COC(=O)CCCCCCCCCCCCC/C=C\C/C=C\CCCCCCC. The average Bonchev–Trinajstić information content (AvgIpc) is 3.38. The van der Waals surface area contributed by atoms with Crippen molar-refractivity contribution in [1.29, 1.82) is 0 Å². The van der Waals surface area contributed by atoms with Gasteiger partial charge in [0.05, 0.1) is 0 Å². The van der Waals surface area contributed by atoms with Crippen molar-refractivity contribution in [2.45, 2.75) is 316 Å². The lowest BCUT2D eigenvalue weighted by Gasteiger charge is -2.18. The van der Waals surface area contributed by atoms with Gasteiger partial charge in [0.1, 0.15) is 13.2 Å². The van der Waals surface area contributed by atoms with Crippen molar-refractivity contribution in [2.75, 3.05) is 13.2 Å². The number of esters is 3. The molecule has 6 nitrogen and oxygen atoms in total. The molecular weight excluding hydrogens is 889 g/mol. The summed E-state index contributed by atoms with van der Waals surface area (Å²) < 4.78 is 16.9. The van der Waals surface area contributed by atoms with Gasteiger partial charge in [-0.25, -0.2) is 0 Å². The zero-order chi connectivity index (χ0) is 52.2. The van der Waals surface area contributed by atoms with Gasteiger partial charge in [-0.1, -0.05) is 273 Å². The van der Waals surface area contributed by atoms with Crippen LogP contribution in [0.2, 0.25) is 0 Å². The molecule has 0 saturated carbocycles. The Labute approximate surface area is 446 Å². The van der Waals surface area contributed by atoms with E-state index in [1.165, 1.54) is 173 Å². The number of carbonyl (C=O) groups is 3. The smallest absolute Gasteiger partial charge is 0.306 e. The van der Waals surface area contributed by atoms with Gasteiger partial charge in [-0.3, -0.25) is 14.4 Å². The van der Waals surface area contributed by atoms with Crippen molar-refractivity contribution in [3.8, 4) is 0 Å². The number of unbranched alkanes of at least 4 members (excludes halogenated alkanes) is 33. The molecule has 72 heavy (non-hydrogen) atoms. The summed E-state index contributed by atoms with van der Waals surface area (Å²) in [6.45, 7) is 6.53. The molecule has 6 heteroatoms. The molecule has 0 bridgehead atoms. The van der Waals surface area contributed by atoms with Crippen molar-refractivity contribution in [3.63, 3.8) is 0 Å². The Hall–Kier alpha value is -3.15. The second-order valence-electron chi connectivity index (χ2n) is 20.6. The highest BCUT2D eigenvalue weighted by Crippen LogP contribution is 2.16. The Kier molecular flexibility index (Phi) is 57.8. The topological polar surface area (TPSA) is 78.9 Å². The van der Waals surface area contributed by atoms with E-state index in [1.54, 1.807) is 0 Å². The van der Waals surface area contributed by atoms with Crippen LogP contribution in [0.5, 0.6) is 0 Å². The molecule has 0 radical (unpaired) electrons. The molecule has 416 valence electrons. The van der Waals surface area contributed by atoms with E-state index in [2.05, 4.69) is 93.7 Å². The third-order valence-electron chi connectivity index (χ3n) is 13.4. The van der Waals surface area contributed by atoms with Gasteiger partial charge >= 0.3 is 17.9 Å². The number of ether oxygens (including phenoxy) is 3. The standard InChI is InChI=1S/C66H116O6/c1-4-7-10-13-16-19-22-24-26-28-30-32-33-35-36-38-40-42-44-47-50-53-56-59-65(68)71-62-63(61-70-64(67)58-55-52-49-46-21-18-15-12-9-6-3)72-66(69)60-57-54-51-48-45-43-41-39-37-34-31-29-27-25-23-20-17-14-11-8-5-2/h8,11,17,20,22,24-25,27-28,30-31,34,63H,4-7,9-10,12-16,18-19,21,23,26,29,32-33,35-62H2,1-3H3/b11-8-,20-17-,24-22-,27-25-,30-28-,34-31-. The number of allylic oxidation sites excluding steroid dienone is 12. The average molecular weight is 1010 g/mol. The van der Waals surface area contributed by atoms with Crippen molar-refractivity contribution in [1.82, 2.24) is 0 Å². The summed E-state index contributed by atoms with van der Waals surface area (Å²) in [6.07, 6.45) is 77.6. The molecule has 0 aromatic heterocycles. The first-order chi connectivity index (χ1) is 35.5. The summed E-state index contributed by atoms with van der Waals surface area (Å²) in [6, 6.07) is 0. The molecule has 0 aliphatic rings. The fourth-order valence-corrected chi connectivity index (χ4v) is 8.82. The monoisotopic (exact) mass is 1000 g/mol. The fraction of sp³-hybridized carbons (Fsp3) is 0.773. The Morgan fingerprint density at radius 2 is 0.542 bits per heavy atom. The number of carbonyl (C=O) groups excluding carboxylic acids is 3. The van der Waals surface area contributed by atoms with Crippen LogP contribution in [-0.2, 0) is 28.6 Å². The van der Waals surface area contributed by atoms with E-state index < -0.39 is 6.10 Å². The van der Waals surface area contributed by atoms with E-state index in [-0.39, 0.29) is 31.1 Å². The fourth-order valence-electron chi connectivity index (χ4n) is 8.82. The third kappa shape index (κ3) is 57.7. The van der Waals surface area contributed by atoms with Gasteiger partial charge in [0, 0.05) is 19.3 Å². The van der Waals surface area contributed by atoms with E-state index >= 15 is 0 Å². The zero-order valence-corrected chi connectivity index (χ0v) is 47.7. The third-order valence-corrected chi connectivity index (χ3v) is 13.4. The van der Waals surface area contributed by atoms with Crippen molar-refractivity contribution < 1.29 is 28.6 Å². The molecule has 0 N–H and O–H groups in total. The van der Waals surface area contributed by atoms with Crippen LogP contribution in [0, 0.1) is 0 Å². The minimum absolute atomic E-state index is 0.0767. The molecule has 1 atom stereocenters. The normalized spacial score (nSPS) is 12.5. The van der Waals surface area contributed by atoms with Gasteiger partial charge in [0.25, 0.3) is 0 Å². The summed E-state index contributed by atoms with van der Waals surface area (Å²) in [4.78, 5) is 38.2. The summed E-state index contributed by atoms with van der Waals surface area (Å²) in [7, 11) is 0. The lowest BCUT2D eigenvalue weighted by molar-refractivity contribution is -0.167. The van der Waals surface area contributed by atoms with Gasteiger partial charge in [0.2, 0.25) is 0 Å². The van der Waals surface area contributed by atoms with Crippen LogP contribution in [0.4, 0.5) is 0 Å². The van der Waals surface area contributed by atoms with Crippen LogP contribution in [0.15, 0.2) is 72.9 Å². The zero-order valence-electron chi connectivity index (χ0n) is 47.7. The maximum absolute atomic E-state index is 12.9. The molecule has 1 unspecified atom stereocenters. The highest BCUT2D eigenvalue weighted by molar-refractivity contribution is 5.71. The molecule has 0 rings (SSSR count). The van der Waals surface area contributed by atoms with E-state index in [9.17, 15) is 14.4 Å². The molecule has 0 fully saturated rings. The highest BCUT2D eigenvalue weighted by atomic mass is 16.6. The van der Waals surface area contributed by atoms with Crippen LogP contribution in [0.1, 0.15) is 310 Å². The lowest BCUT2D eigenvalue weighted by atomic mass is 10.0. The summed E-state index contributed by atoms with van der Waals surface area (Å²) in [5.41, 5.74) is 0. The van der Waals surface area contributed by atoms with Gasteiger partial charge in [-0.05, 0) is 89.9 Å². The predicted molar refractivity (Wildman–Crippen MR) is 311 cm³/mol. The first kappa shape index (κ1) is 68.8. The predicted octanol–water partition coefficient (Wildman–Crippen LogP) is 20.9. The van der Waals surface area contributed by atoms with Crippen LogP contribution >= 0.6 is 0 Å². The van der Waals surface area contributed by atoms with E-state index in [4.69, 9.17) is 14.2 Å². The number of hydrogen-bond donors (Lipinski definition) is 0. The van der Waals surface area contributed by atoms with Gasteiger partial charge in [0.15, 0.2) is 6.10 Å². The second kappa shape index (κ2) is 60.4. The summed E-state index contributed by atoms with van der Waals surface area (Å²) in [5.74, 6) is -0.876. The van der Waals surface area contributed by atoms with Gasteiger partial charge < -0.3 is 14.2 Å². The molecule has 0 aromatic rings. The largest absolute Gasteiger partial charge is 0.462 e. The first-order valence-corrected chi connectivity index (χ1v) is 30.9. The Balaban J connectivity index is 4.27. The van der Waals surface area contributed by atoms with Crippen LogP contribution in [0.3, 0.4) is 0 Å². The number of hydrogen-bond acceptors (Lipinski definition) is 6. The summed E-state index contributed by atoms with van der Waals surface area (Å²) >= 11 is 0.